The molecule has 17 heavy (non-hydrogen) atoms. The maximum absolute atomic E-state index is 11.9. The average molecular weight is 234 g/mol. The van der Waals surface area contributed by atoms with E-state index in [4.69, 9.17) is 5.11 Å². The second-order valence-electron chi connectivity index (χ2n) is 3.68. The van der Waals surface area contributed by atoms with E-state index in [0.717, 1.165) is 4.90 Å². The Balaban J connectivity index is 2.17. The van der Waals surface area contributed by atoms with Gasteiger partial charge in [0.2, 0.25) is 11.8 Å². The third-order valence-corrected chi connectivity index (χ3v) is 2.35. The maximum atomic E-state index is 11.9. The summed E-state index contributed by atoms with van der Waals surface area (Å²) in [5, 5.41) is 11.2. The summed E-state index contributed by atoms with van der Waals surface area (Å²) >= 11 is 0. The van der Waals surface area contributed by atoms with E-state index in [1.165, 1.54) is 24.3 Å². The number of aromatic hydroxyl groups is 1. The molecule has 0 atom stereocenters. The van der Waals surface area contributed by atoms with Crippen LogP contribution in [0.4, 0.5) is 0 Å². The number of benzene rings is 1. The highest BCUT2D eigenvalue weighted by molar-refractivity contribution is 6.05. The van der Waals surface area contributed by atoms with Crippen molar-refractivity contribution >= 4 is 17.7 Å². The van der Waals surface area contributed by atoms with Crippen LogP contribution >= 0.6 is 0 Å². The number of amides is 3. The van der Waals surface area contributed by atoms with E-state index in [2.05, 4.69) is 5.32 Å². The van der Waals surface area contributed by atoms with Crippen molar-refractivity contribution in [3.05, 3.63) is 29.8 Å². The lowest BCUT2D eigenvalue weighted by Gasteiger charge is -2.25. The topological polar surface area (TPSA) is 86.7 Å². The number of hydrogen-bond acceptors (Lipinski definition) is 4. The second-order valence-corrected chi connectivity index (χ2v) is 3.68. The molecule has 0 saturated carbocycles. The van der Waals surface area contributed by atoms with E-state index in [1.54, 1.807) is 0 Å². The number of carbonyl (C=O) groups is 3. The van der Waals surface area contributed by atoms with Crippen LogP contribution in [0.2, 0.25) is 0 Å². The maximum Gasteiger partial charge on any atom is 0.254 e. The summed E-state index contributed by atoms with van der Waals surface area (Å²) in [4.78, 5) is 35.3. The lowest BCUT2D eigenvalue weighted by atomic mass is 10.2. The summed E-state index contributed by atoms with van der Waals surface area (Å²) < 4.78 is 0. The average Bonchev–Trinajstić information content (AvgIpc) is 2.28. The molecule has 0 aliphatic carbocycles. The first-order valence-electron chi connectivity index (χ1n) is 4.97. The summed E-state index contributed by atoms with van der Waals surface area (Å²) in [5.41, 5.74) is 0.324. The van der Waals surface area contributed by atoms with Gasteiger partial charge in [0.15, 0.2) is 0 Å². The lowest BCUT2D eigenvalue weighted by molar-refractivity contribution is -0.135. The fourth-order valence-electron chi connectivity index (χ4n) is 1.57. The number of rotatable bonds is 1. The van der Waals surface area contributed by atoms with Crippen LogP contribution in [0.25, 0.3) is 0 Å². The van der Waals surface area contributed by atoms with E-state index >= 15 is 0 Å². The van der Waals surface area contributed by atoms with Crippen molar-refractivity contribution in [3.8, 4) is 5.75 Å². The van der Waals surface area contributed by atoms with Gasteiger partial charge in [-0.2, -0.15) is 0 Å². The number of phenols is 1. The molecule has 0 aromatic heterocycles. The molecule has 0 bridgehead atoms. The molecule has 1 aromatic carbocycles. The molecule has 1 heterocycles. The first kappa shape index (κ1) is 11.1. The van der Waals surface area contributed by atoms with Gasteiger partial charge in [0.05, 0.1) is 0 Å². The SMILES string of the molecule is O=C1CN(C(=O)c2ccc(O)cc2)CC(=O)N1. The summed E-state index contributed by atoms with van der Waals surface area (Å²) in [7, 11) is 0. The van der Waals surface area contributed by atoms with Crippen LogP contribution in [0.5, 0.6) is 5.75 Å². The number of nitrogens with one attached hydrogen (secondary N) is 1. The number of carbonyl (C=O) groups excluding carboxylic acids is 3. The van der Waals surface area contributed by atoms with Gasteiger partial charge in [-0.05, 0) is 24.3 Å². The van der Waals surface area contributed by atoms with Crippen LogP contribution in [0, 0.1) is 0 Å². The largest absolute Gasteiger partial charge is 0.508 e. The Bertz CT molecular complexity index is 465. The van der Waals surface area contributed by atoms with Crippen LogP contribution in [-0.2, 0) is 9.59 Å². The molecule has 1 aliphatic heterocycles. The van der Waals surface area contributed by atoms with Gasteiger partial charge < -0.3 is 10.0 Å². The minimum atomic E-state index is -0.492. The summed E-state index contributed by atoms with van der Waals surface area (Å²) in [6, 6.07) is 5.63. The van der Waals surface area contributed by atoms with Crippen molar-refractivity contribution in [1.29, 1.82) is 0 Å². The van der Waals surface area contributed by atoms with Gasteiger partial charge in [0, 0.05) is 5.56 Å². The van der Waals surface area contributed by atoms with Crippen LogP contribution in [-0.4, -0.2) is 40.8 Å². The Labute approximate surface area is 96.8 Å². The molecule has 88 valence electrons. The van der Waals surface area contributed by atoms with Crippen molar-refractivity contribution in [2.24, 2.45) is 0 Å². The van der Waals surface area contributed by atoms with Crippen molar-refractivity contribution in [1.82, 2.24) is 10.2 Å². The quantitative estimate of drug-likeness (QED) is 0.641. The zero-order valence-corrected chi connectivity index (χ0v) is 8.84. The first-order valence-corrected chi connectivity index (χ1v) is 4.97. The highest BCUT2D eigenvalue weighted by Crippen LogP contribution is 2.12. The van der Waals surface area contributed by atoms with Gasteiger partial charge in [-0.1, -0.05) is 0 Å². The fraction of sp³-hybridized carbons (Fsp3) is 0.182. The molecule has 1 saturated heterocycles. The van der Waals surface area contributed by atoms with E-state index in [0.29, 0.717) is 5.56 Å². The first-order chi connectivity index (χ1) is 8.06. The Morgan fingerprint density at radius 1 is 1.12 bits per heavy atom. The molecule has 0 radical (unpaired) electrons. The predicted molar refractivity (Wildman–Crippen MR) is 57.2 cm³/mol. The highest BCUT2D eigenvalue weighted by atomic mass is 16.3. The summed E-state index contributed by atoms with van der Waals surface area (Å²) in [5.74, 6) is -1.34. The number of hydrogen-bond donors (Lipinski definition) is 2. The van der Waals surface area contributed by atoms with E-state index < -0.39 is 17.7 Å². The van der Waals surface area contributed by atoms with Crippen molar-refractivity contribution < 1.29 is 19.5 Å². The molecule has 0 unspecified atom stereocenters. The lowest BCUT2D eigenvalue weighted by Crippen LogP contribution is -2.53. The standard InChI is InChI=1S/C11H10N2O4/c14-8-3-1-7(2-4-8)11(17)13-5-9(15)12-10(16)6-13/h1-4,14H,5-6H2,(H,12,15,16). The second kappa shape index (κ2) is 4.25. The molecule has 0 spiro atoms. The monoisotopic (exact) mass is 234 g/mol. The Hall–Kier alpha value is -2.37. The van der Waals surface area contributed by atoms with Crippen molar-refractivity contribution in [3.63, 3.8) is 0 Å². The van der Waals surface area contributed by atoms with Gasteiger partial charge in [0.1, 0.15) is 18.8 Å². The highest BCUT2D eigenvalue weighted by Gasteiger charge is 2.26. The van der Waals surface area contributed by atoms with Gasteiger partial charge in [-0.15, -0.1) is 0 Å². The third kappa shape index (κ3) is 2.41. The Kier molecular flexibility index (Phi) is 2.78. The zero-order valence-electron chi connectivity index (χ0n) is 8.84. The molecular formula is C11H10N2O4. The van der Waals surface area contributed by atoms with Crippen LogP contribution in [0.15, 0.2) is 24.3 Å². The zero-order chi connectivity index (χ0) is 12.4. The number of imide groups is 1. The van der Waals surface area contributed by atoms with Crippen LogP contribution in [0.3, 0.4) is 0 Å². The molecule has 1 fully saturated rings. The van der Waals surface area contributed by atoms with Gasteiger partial charge >= 0.3 is 0 Å². The minimum Gasteiger partial charge on any atom is -0.508 e. The summed E-state index contributed by atoms with van der Waals surface area (Å²) in [6.45, 7) is -0.267. The fourth-order valence-corrected chi connectivity index (χ4v) is 1.57. The van der Waals surface area contributed by atoms with E-state index in [-0.39, 0.29) is 18.8 Å². The smallest absolute Gasteiger partial charge is 0.254 e. The molecule has 6 nitrogen and oxygen atoms in total. The van der Waals surface area contributed by atoms with Gasteiger partial charge in [-0.3, -0.25) is 19.7 Å². The molecule has 1 aromatic rings. The number of piperazine rings is 1. The van der Waals surface area contributed by atoms with Crippen molar-refractivity contribution in [2.75, 3.05) is 13.1 Å². The number of nitrogens with zero attached hydrogens (tertiary/aromatic N) is 1. The van der Waals surface area contributed by atoms with Crippen LogP contribution < -0.4 is 5.32 Å². The minimum absolute atomic E-state index is 0.0500. The van der Waals surface area contributed by atoms with Crippen LogP contribution in [0.1, 0.15) is 10.4 Å². The molecule has 2 rings (SSSR count). The normalized spacial score (nSPS) is 15.6. The van der Waals surface area contributed by atoms with Crippen molar-refractivity contribution in [2.45, 2.75) is 0 Å². The molecule has 6 heteroatoms. The van der Waals surface area contributed by atoms with Gasteiger partial charge in [-0.25, -0.2) is 0 Å². The summed E-state index contributed by atoms with van der Waals surface area (Å²) in [6.07, 6.45) is 0. The predicted octanol–water partition coefficient (Wildman–Crippen LogP) is -0.509. The molecular weight excluding hydrogens is 224 g/mol. The Morgan fingerprint density at radius 2 is 1.65 bits per heavy atom. The molecule has 1 aliphatic rings. The molecule has 2 N–H and O–H groups in total. The third-order valence-electron chi connectivity index (χ3n) is 2.35. The van der Waals surface area contributed by atoms with E-state index in [9.17, 15) is 14.4 Å². The Morgan fingerprint density at radius 3 is 2.18 bits per heavy atom. The molecule has 3 amide bonds. The van der Waals surface area contributed by atoms with E-state index in [1.807, 2.05) is 0 Å². The van der Waals surface area contributed by atoms with Gasteiger partial charge in [0.25, 0.3) is 5.91 Å². The number of phenolic OH excluding ortho intramolecular Hbond substituents is 1.